The van der Waals surface area contributed by atoms with Gasteiger partial charge < -0.3 is 4.90 Å². The molecule has 0 amide bonds. The van der Waals surface area contributed by atoms with Crippen molar-refractivity contribution in [2.45, 2.75) is 43.9 Å². The molecule has 1 heteroatoms. The van der Waals surface area contributed by atoms with Crippen LogP contribution in [0.25, 0.3) is 66.8 Å². The largest absolute Gasteiger partial charge is 0.310 e. The minimum atomic E-state index is -0.447. The highest BCUT2D eigenvalue weighted by Gasteiger charge is 2.52. The summed E-state index contributed by atoms with van der Waals surface area (Å²) in [5.74, 6) is 0. The molecule has 0 unspecified atom stereocenters. The van der Waals surface area contributed by atoms with Crippen molar-refractivity contribution in [3.63, 3.8) is 0 Å². The van der Waals surface area contributed by atoms with Crippen molar-refractivity contribution < 1.29 is 0 Å². The summed E-state index contributed by atoms with van der Waals surface area (Å²) in [6.07, 6.45) is 0. The molecule has 10 aromatic carbocycles. The fraction of sp³-hybridized carbons (Fsp3) is 0.104. The average Bonchev–Trinajstić information content (AvgIpc) is 4.02. The number of fused-ring (bicyclic) bond motifs is 16. The minimum Gasteiger partial charge on any atom is -0.310 e. The van der Waals surface area contributed by atoms with Crippen LogP contribution in [0.15, 0.2) is 224 Å². The van der Waals surface area contributed by atoms with Gasteiger partial charge in [-0.15, -0.1) is 0 Å². The Morgan fingerprint density at radius 1 is 0.250 bits per heavy atom. The second-order valence-corrected chi connectivity index (χ2v) is 20.4. The van der Waals surface area contributed by atoms with E-state index in [1.807, 2.05) is 0 Å². The summed E-state index contributed by atoms with van der Waals surface area (Å²) >= 11 is 0. The first-order valence-corrected chi connectivity index (χ1v) is 24.2. The first-order valence-electron chi connectivity index (χ1n) is 24.2. The topological polar surface area (TPSA) is 3.24 Å². The van der Waals surface area contributed by atoms with E-state index in [-0.39, 0.29) is 10.8 Å². The van der Waals surface area contributed by atoms with E-state index >= 15 is 0 Å². The predicted molar refractivity (Wildman–Crippen MR) is 283 cm³/mol. The van der Waals surface area contributed by atoms with Gasteiger partial charge in [0, 0.05) is 27.9 Å². The van der Waals surface area contributed by atoms with Gasteiger partial charge in [0.15, 0.2) is 0 Å². The summed E-state index contributed by atoms with van der Waals surface area (Å²) in [4.78, 5) is 2.48. The van der Waals surface area contributed by atoms with Gasteiger partial charge in [-0.2, -0.15) is 0 Å². The molecular weight excluding hydrogens is 819 g/mol. The molecule has 0 fully saturated rings. The molecule has 4 aliphatic carbocycles. The molecule has 4 aliphatic rings. The van der Waals surface area contributed by atoms with E-state index in [4.69, 9.17) is 0 Å². The Balaban J connectivity index is 0.933. The van der Waals surface area contributed by atoms with Gasteiger partial charge in [0.1, 0.15) is 0 Å². The zero-order chi connectivity index (χ0) is 45.5. The SMILES string of the molecule is CC1(C)c2ccccc2-c2ccc(N(c3ccc(-c4ccc5c(c4)C4(c6ccccc6-c6ccccc64)c4cccc(-c6ccccc6)c4-5)cc3)c3ccc4c(c3)C(C)(C)c3ccccc3-4)cc21. The molecule has 0 heterocycles. The van der Waals surface area contributed by atoms with Gasteiger partial charge in [-0.05, 0) is 154 Å². The third kappa shape index (κ3) is 5.17. The molecule has 0 aromatic heterocycles. The maximum Gasteiger partial charge on any atom is 0.0725 e. The molecule has 0 radical (unpaired) electrons. The molecule has 0 saturated carbocycles. The van der Waals surface area contributed by atoms with Crippen molar-refractivity contribution in [1.82, 2.24) is 0 Å². The number of hydrogen-bond donors (Lipinski definition) is 0. The van der Waals surface area contributed by atoms with Crippen LogP contribution in [0.4, 0.5) is 17.1 Å². The standard InChI is InChI=1S/C67H49N/c1-65(2)56-24-12-8-19-49(56)53-37-34-46(40-61(53)65)68(47-35-38-54-50-20-9-13-25-57(50)66(3,4)62(54)41-47)45-32-29-42(30-33-45)44-31-36-55-63(39-44)67(58-26-14-10-21-51(58)52-22-11-15-27-59(52)67)60-28-16-23-48(64(55)60)43-17-6-5-7-18-43/h5-41H,1-4H3. The molecule has 10 aromatic rings. The maximum absolute atomic E-state index is 2.51. The van der Waals surface area contributed by atoms with E-state index in [1.54, 1.807) is 0 Å². The number of hydrogen-bond acceptors (Lipinski definition) is 1. The van der Waals surface area contributed by atoms with Crippen molar-refractivity contribution in [3.8, 4) is 66.8 Å². The number of nitrogens with zero attached hydrogens (tertiary/aromatic N) is 1. The first-order chi connectivity index (χ1) is 33.2. The molecule has 0 atom stereocenters. The van der Waals surface area contributed by atoms with Gasteiger partial charge in [0.2, 0.25) is 0 Å². The van der Waals surface area contributed by atoms with Crippen molar-refractivity contribution in [2.75, 3.05) is 4.90 Å². The second kappa shape index (κ2) is 14.0. The molecule has 0 bridgehead atoms. The van der Waals surface area contributed by atoms with Crippen molar-refractivity contribution in [2.24, 2.45) is 0 Å². The molecule has 68 heavy (non-hydrogen) atoms. The van der Waals surface area contributed by atoms with Crippen molar-refractivity contribution in [3.05, 3.63) is 269 Å². The summed E-state index contributed by atoms with van der Waals surface area (Å²) in [6, 6.07) is 84.9. The van der Waals surface area contributed by atoms with Crippen molar-refractivity contribution >= 4 is 17.1 Å². The average molecular weight is 868 g/mol. The van der Waals surface area contributed by atoms with E-state index < -0.39 is 5.41 Å². The van der Waals surface area contributed by atoms with E-state index in [0.717, 1.165) is 17.1 Å². The van der Waals surface area contributed by atoms with Gasteiger partial charge in [0.25, 0.3) is 0 Å². The van der Waals surface area contributed by atoms with Crippen LogP contribution < -0.4 is 4.90 Å². The van der Waals surface area contributed by atoms with Crippen LogP contribution in [0.5, 0.6) is 0 Å². The zero-order valence-electron chi connectivity index (χ0n) is 38.8. The van der Waals surface area contributed by atoms with Gasteiger partial charge in [-0.3, -0.25) is 0 Å². The van der Waals surface area contributed by atoms with Crippen LogP contribution in [0, 0.1) is 0 Å². The van der Waals surface area contributed by atoms with E-state index in [2.05, 4.69) is 257 Å². The summed E-state index contributed by atoms with van der Waals surface area (Å²) in [5, 5.41) is 0. The van der Waals surface area contributed by atoms with Crippen molar-refractivity contribution in [1.29, 1.82) is 0 Å². The third-order valence-corrected chi connectivity index (χ3v) is 16.3. The van der Waals surface area contributed by atoms with Crippen LogP contribution >= 0.6 is 0 Å². The summed E-state index contributed by atoms with van der Waals surface area (Å²) in [6.45, 7) is 9.50. The fourth-order valence-corrected chi connectivity index (χ4v) is 13.1. The molecule has 1 nitrogen and oxygen atoms in total. The van der Waals surface area contributed by atoms with Crippen LogP contribution in [0.2, 0.25) is 0 Å². The smallest absolute Gasteiger partial charge is 0.0725 e. The lowest BCUT2D eigenvalue weighted by molar-refractivity contribution is 0.660. The Bertz CT molecular complexity index is 3580. The maximum atomic E-state index is 2.51. The number of rotatable bonds is 5. The minimum absolute atomic E-state index is 0.119. The van der Waals surface area contributed by atoms with Crippen LogP contribution in [0.1, 0.15) is 72.2 Å². The molecule has 0 saturated heterocycles. The lowest BCUT2D eigenvalue weighted by Crippen LogP contribution is -2.25. The normalized spacial score (nSPS) is 15.1. The lowest BCUT2D eigenvalue weighted by atomic mass is 9.70. The van der Waals surface area contributed by atoms with Crippen LogP contribution in [-0.4, -0.2) is 0 Å². The second-order valence-electron chi connectivity index (χ2n) is 20.4. The van der Waals surface area contributed by atoms with Gasteiger partial charge in [-0.25, -0.2) is 0 Å². The Morgan fingerprint density at radius 3 is 1.22 bits per heavy atom. The first kappa shape index (κ1) is 39.2. The Kier molecular flexibility index (Phi) is 8.08. The Labute approximate surface area is 399 Å². The summed E-state index contributed by atoms with van der Waals surface area (Å²) in [7, 11) is 0. The highest BCUT2D eigenvalue weighted by molar-refractivity contribution is 6.01. The van der Waals surface area contributed by atoms with Gasteiger partial charge >= 0.3 is 0 Å². The van der Waals surface area contributed by atoms with E-state index in [0.29, 0.717) is 0 Å². The van der Waals surface area contributed by atoms with Crippen LogP contribution in [0.3, 0.4) is 0 Å². The molecule has 0 N–H and O–H groups in total. The highest BCUT2D eigenvalue weighted by atomic mass is 15.1. The molecule has 0 aliphatic heterocycles. The lowest BCUT2D eigenvalue weighted by Gasteiger charge is -2.31. The molecule has 1 spiro atoms. The molecule has 322 valence electrons. The van der Waals surface area contributed by atoms with Gasteiger partial charge in [0.05, 0.1) is 5.41 Å². The number of anilines is 3. The third-order valence-electron chi connectivity index (χ3n) is 16.3. The van der Waals surface area contributed by atoms with E-state index in [9.17, 15) is 0 Å². The monoisotopic (exact) mass is 867 g/mol. The molecular formula is C67H49N. The molecule has 14 rings (SSSR count). The Hall–Kier alpha value is -8.00. The zero-order valence-corrected chi connectivity index (χ0v) is 38.8. The highest BCUT2D eigenvalue weighted by Crippen LogP contribution is 2.64. The fourth-order valence-electron chi connectivity index (χ4n) is 13.1. The van der Waals surface area contributed by atoms with Gasteiger partial charge in [-0.1, -0.05) is 210 Å². The summed E-state index contributed by atoms with van der Waals surface area (Å²) in [5.41, 5.74) is 29.2. The number of benzene rings is 10. The predicted octanol–water partition coefficient (Wildman–Crippen LogP) is 17.4. The van der Waals surface area contributed by atoms with Crippen LogP contribution in [-0.2, 0) is 16.2 Å². The Morgan fingerprint density at radius 2 is 0.662 bits per heavy atom. The quantitative estimate of drug-likeness (QED) is 0.167. The van der Waals surface area contributed by atoms with E-state index in [1.165, 1.54) is 111 Å². The summed E-state index contributed by atoms with van der Waals surface area (Å²) < 4.78 is 0.